The molecule has 1 aliphatic heterocycles. The van der Waals surface area contributed by atoms with Crippen LogP contribution in [0.4, 0.5) is 0 Å². The fourth-order valence-electron chi connectivity index (χ4n) is 2.44. The molecule has 3 rings (SSSR count). The molecule has 2 atom stereocenters. The smallest absolute Gasteiger partial charge is 0.338 e. The zero-order chi connectivity index (χ0) is 13.8. The van der Waals surface area contributed by atoms with E-state index < -0.39 is 0 Å². The summed E-state index contributed by atoms with van der Waals surface area (Å²) < 4.78 is 11.1. The SMILES string of the molecule is O=C(OC1COCC1c1ccccc1)c1ccccc1. The van der Waals surface area contributed by atoms with Crippen LogP contribution in [-0.2, 0) is 9.47 Å². The molecule has 3 heteroatoms. The van der Waals surface area contributed by atoms with E-state index >= 15 is 0 Å². The Kier molecular flexibility index (Phi) is 3.79. The number of hydrogen-bond donors (Lipinski definition) is 0. The van der Waals surface area contributed by atoms with Crippen LogP contribution < -0.4 is 0 Å². The molecular formula is C17H16O3. The van der Waals surface area contributed by atoms with E-state index in [0.717, 1.165) is 5.56 Å². The van der Waals surface area contributed by atoms with E-state index in [2.05, 4.69) is 0 Å². The lowest BCUT2D eigenvalue weighted by molar-refractivity contribution is 0.0246. The lowest BCUT2D eigenvalue weighted by atomic mass is 9.96. The zero-order valence-corrected chi connectivity index (χ0v) is 11.1. The molecule has 0 bridgehead atoms. The van der Waals surface area contributed by atoms with Crippen LogP contribution in [0.15, 0.2) is 60.7 Å². The molecule has 3 nitrogen and oxygen atoms in total. The average Bonchev–Trinajstić information content (AvgIpc) is 2.97. The molecule has 20 heavy (non-hydrogen) atoms. The van der Waals surface area contributed by atoms with Crippen molar-refractivity contribution in [3.05, 3.63) is 71.8 Å². The summed E-state index contributed by atoms with van der Waals surface area (Å²) in [5.74, 6) is -0.175. The van der Waals surface area contributed by atoms with Crippen molar-refractivity contribution in [3.8, 4) is 0 Å². The van der Waals surface area contributed by atoms with E-state index in [9.17, 15) is 4.79 Å². The molecule has 0 amide bonds. The van der Waals surface area contributed by atoms with Crippen molar-refractivity contribution in [2.24, 2.45) is 0 Å². The van der Waals surface area contributed by atoms with Gasteiger partial charge in [-0.2, -0.15) is 0 Å². The molecule has 0 aromatic heterocycles. The van der Waals surface area contributed by atoms with Crippen LogP contribution >= 0.6 is 0 Å². The molecule has 2 unspecified atom stereocenters. The maximum Gasteiger partial charge on any atom is 0.338 e. The highest BCUT2D eigenvalue weighted by atomic mass is 16.6. The van der Waals surface area contributed by atoms with E-state index in [0.29, 0.717) is 18.8 Å². The zero-order valence-electron chi connectivity index (χ0n) is 11.1. The Balaban J connectivity index is 1.72. The quantitative estimate of drug-likeness (QED) is 0.803. The normalized spacial score (nSPS) is 21.6. The van der Waals surface area contributed by atoms with Crippen molar-refractivity contribution < 1.29 is 14.3 Å². The summed E-state index contributed by atoms with van der Waals surface area (Å²) in [6, 6.07) is 19.1. The highest BCUT2D eigenvalue weighted by Gasteiger charge is 2.32. The molecule has 0 N–H and O–H groups in total. The van der Waals surface area contributed by atoms with Gasteiger partial charge in [0.05, 0.1) is 18.8 Å². The molecule has 1 fully saturated rings. The van der Waals surface area contributed by atoms with Crippen LogP contribution in [0.25, 0.3) is 0 Å². The highest BCUT2D eigenvalue weighted by molar-refractivity contribution is 5.89. The third kappa shape index (κ3) is 2.73. The third-order valence-corrected chi connectivity index (χ3v) is 3.52. The number of ether oxygens (including phenoxy) is 2. The summed E-state index contributed by atoms with van der Waals surface area (Å²) in [5, 5.41) is 0. The minimum atomic E-state index is -0.290. The van der Waals surface area contributed by atoms with Gasteiger partial charge in [0.2, 0.25) is 0 Å². The van der Waals surface area contributed by atoms with Gasteiger partial charge >= 0.3 is 5.97 Å². The molecule has 1 saturated heterocycles. The van der Waals surface area contributed by atoms with Gasteiger partial charge in [-0.15, -0.1) is 0 Å². The van der Waals surface area contributed by atoms with Crippen LogP contribution in [0.2, 0.25) is 0 Å². The number of hydrogen-bond acceptors (Lipinski definition) is 3. The predicted octanol–water partition coefficient (Wildman–Crippen LogP) is 3.03. The molecule has 2 aromatic rings. The van der Waals surface area contributed by atoms with E-state index in [4.69, 9.17) is 9.47 Å². The van der Waals surface area contributed by atoms with Gasteiger partial charge < -0.3 is 9.47 Å². The van der Waals surface area contributed by atoms with Crippen molar-refractivity contribution in [2.45, 2.75) is 12.0 Å². The molecule has 2 aromatic carbocycles. The number of carbonyl (C=O) groups is 1. The molecule has 0 aliphatic carbocycles. The number of esters is 1. The van der Waals surface area contributed by atoms with Crippen LogP contribution in [0, 0.1) is 0 Å². The van der Waals surface area contributed by atoms with Crippen molar-refractivity contribution >= 4 is 5.97 Å². The summed E-state index contributed by atoms with van der Waals surface area (Å²) in [5.41, 5.74) is 1.72. The minimum Gasteiger partial charge on any atom is -0.456 e. The van der Waals surface area contributed by atoms with Gasteiger partial charge in [-0.25, -0.2) is 4.79 Å². The molecule has 0 radical (unpaired) electrons. The van der Waals surface area contributed by atoms with E-state index in [-0.39, 0.29) is 18.0 Å². The molecular weight excluding hydrogens is 252 g/mol. The lowest BCUT2D eigenvalue weighted by Crippen LogP contribution is -2.24. The average molecular weight is 268 g/mol. The molecule has 102 valence electrons. The van der Waals surface area contributed by atoms with Gasteiger partial charge in [-0.1, -0.05) is 48.5 Å². The first-order valence-electron chi connectivity index (χ1n) is 6.73. The number of benzene rings is 2. The van der Waals surface area contributed by atoms with Gasteiger partial charge in [0.1, 0.15) is 6.10 Å². The molecule has 1 aliphatic rings. The van der Waals surface area contributed by atoms with Gasteiger partial charge in [0, 0.05) is 5.92 Å². The topological polar surface area (TPSA) is 35.5 Å². The van der Waals surface area contributed by atoms with E-state index in [1.165, 1.54) is 0 Å². The summed E-state index contributed by atoms with van der Waals surface area (Å²) in [7, 11) is 0. The minimum absolute atomic E-state index is 0.115. The Labute approximate surface area is 118 Å². The van der Waals surface area contributed by atoms with Crippen LogP contribution in [0.3, 0.4) is 0 Å². The van der Waals surface area contributed by atoms with Gasteiger partial charge in [0.15, 0.2) is 0 Å². The number of carbonyl (C=O) groups excluding carboxylic acids is 1. The Bertz CT molecular complexity index is 565. The second-order valence-corrected chi connectivity index (χ2v) is 4.86. The maximum atomic E-state index is 12.1. The molecule has 1 heterocycles. The Hall–Kier alpha value is -2.13. The first kappa shape index (κ1) is 12.9. The standard InChI is InChI=1S/C17H16O3/c18-17(14-9-5-2-6-10-14)20-16-12-19-11-15(16)13-7-3-1-4-8-13/h1-10,15-16H,11-12H2. The third-order valence-electron chi connectivity index (χ3n) is 3.52. The molecule has 0 saturated carbocycles. The van der Waals surface area contributed by atoms with Crippen molar-refractivity contribution in [1.29, 1.82) is 0 Å². The maximum absolute atomic E-state index is 12.1. The Morgan fingerprint density at radius 1 is 0.950 bits per heavy atom. The predicted molar refractivity (Wildman–Crippen MR) is 75.6 cm³/mol. The monoisotopic (exact) mass is 268 g/mol. The Morgan fingerprint density at radius 3 is 2.30 bits per heavy atom. The summed E-state index contributed by atoms with van der Waals surface area (Å²) >= 11 is 0. The second-order valence-electron chi connectivity index (χ2n) is 4.86. The van der Waals surface area contributed by atoms with Crippen LogP contribution in [-0.4, -0.2) is 25.3 Å². The van der Waals surface area contributed by atoms with Gasteiger partial charge in [-0.05, 0) is 17.7 Å². The lowest BCUT2D eigenvalue weighted by Gasteiger charge is -2.18. The summed E-state index contributed by atoms with van der Waals surface area (Å²) in [6.07, 6.45) is -0.217. The van der Waals surface area contributed by atoms with Gasteiger partial charge in [0.25, 0.3) is 0 Å². The fourth-order valence-corrected chi connectivity index (χ4v) is 2.44. The first-order valence-corrected chi connectivity index (χ1v) is 6.73. The second kappa shape index (κ2) is 5.88. The van der Waals surface area contributed by atoms with Crippen LogP contribution in [0.1, 0.15) is 21.8 Å². The van der Waals surface area contributed by atoms with Gasteiger partial charge in [-0.3, -0.25) is 0 Å². The first-order chi connectivity index (χ1) is 9.84. The summed E-state index contributed by atoms with van der Waals surface area (Å²) in [6.45, 7) is 1.05. The van der Waals surface area contributed by atoms with Crippen molar-refractivity contribution in [1.82, 2.24) is 0 Å². The fraction of sp³-hybridized carbons (Fsp3) is 0.235. The highest BCUT2D eigenvalue weighted by Crippen LogP contribution is 2.28. The van der Waals surface area contributed by atoms with Crippen LogP contribution in [0.5, 0.6) is 0 Å². The van der Waals surface area contributed by atoms with E-state index in [1.54, 1.807) is 12.1 Å². The summed E-state index contributed by atoms with van der Waals surface area (Å²) in [4.78, 5) is 12.1. The Morgan fingerprint density at radius 2 is 1.60 bits per heavy atom. The molecule has 0 spiro atoms. The van der Waals surface area contributed by atoms with E-state index in [1.807, 2.05) is 48.5 Å². The number of rotatable bonds is 3. The van der Waals surface area contributed by atoms with Crippen molar-refractivity contribution in [3.63, 3.8) is 0 Å². The largest absolute Gasteiger partial charge is 0.456 e. The van der Waals surface area contributed by atoms with Crippen molar-refractivity contribution in [2.75, 3.05) is 13.2 Å².